The molecule has 174 valence electrons. The van der Waals surface area contributed by atoms with Gasteiger partial charge in [0.15, 0.2) is 0 Å². The molecule has 3 heterocycles. The van der Waals surface area contributed by atoms with Gasteiger partial charge in [0.05, 0.1) is 5.69 Å². The second kappa shape index (κ2) is 8.43. The van der Waals surface area contributed by atoms with E-state index in [0.717, 1.165) is 27.6 Å². The lowest BCUT2D eigenvalue weighted by Crippen LogP contribution is -2.39. The zero-order valence-corrected chi connectivity index (χ0v) is 19.0. The maximum Gasteiger partial charge on any atom is 0.332 e. The molecule has 3 aromatic carbocycles. The predicted octanol–water partition coefficient (Wildman–Crippen LogP) is 4.03. The van der Waals surface area contributed by atoms with E-state index in [1.165, 1.54) is 4.90 Å². The van der Waals surface area contributed by atoms with Gasteiger partial charge >= 0.3 is 6.03 Å². The molecule has 0 aliphatic carbocycles. The number of hydrogen-bond acceptors (Lipinski definition) is 3. The van der Waals surface area contributed by atoms with Crippen LogP contribution in [0.4, 0.5) is 10.5 Å². The Hall–Kier alpha value is -4.39. The minimum Gasteiger partial charge on any atom is -0.361 e. The lowest BCUT2D eigenvalue weighted by Gasteiger charge is -2.28. The van der Waals surface area contributed by atoms with Crippen LogP contribution in [0.2, 0.25) is 0 Å². The number of imide groups is 1. The van der Waals surface area contributed by atoms with Crippen molar-refractivity contribution in [2.45, 2.75) is 25.4 Å². The van der Waals surface area contributed by atoms with Gasteiger partial charge in [-0.15, -0.1) is 0 Å². The smallest absolute Gasteiger partial charge is 0.332 e. The highest BCUT2D eigenvalue weighted by molar-refractivity contribution is 6.21. The van der Waals surface area contributed by atoms with Crippen LogP contribution in [0.5, 0.6) is 0 Å². The second-order valence-electron chi connectivity index (χ2n) is 8.99. The van der Waals surface area contributed by atoms with Crippen molar-refractivity contribution in [2.75, 3.05) is 11.4 Å². The number of amides is 4. The zero-order valence-electron chi connectivity index (χ0n) is 19.0. The fourth-order valence-electron chi connectivity index (χ4n) is 5.07. The summed E-state index contributed by atoms with van der Waals surface area (Å²) in [6.07, 6.45) is 3.21. The van der Waals surface area contributed by atoms with Gasteiger partial charge < -0.3 is 15.2 Å². The van der Waals surface area contributed by atoms with Gasteiger partial charge in [-0.1, -0.05) is 42.5 Å². The van der Waals surface area contributed by atoms with Gasteiger partial charge in [0.25, 0.3) is 11.8 Å². The van der Waals surface area contributed by atoms with Gasteiger partial charge in [-0.3, -0.25) is 9.59 Å². The highest BCUT2D eigenvalue weighted by Crippen LogP contribution is 2.33. The van der Waals surface area contributed by atoms with Crippen molar-refractivity contribution in [3.05, 3.63) is 101 Å². The molecule has 6 rings (SSSR count). The van der Waals surface area contributed by atoms with Gasteiger partial charge in [0, 0.05) is 42.2 Å². The summed E-state index contributed by atoms with van der Waals surface area (Å²) in [5.41, 5.74) is 5.38. The first-order valence-electron chi connectivity index (χ1n) is 11.7. The quantitative estimate of drug-likeness (QED) is 0.437. The van der Waals surface area contributed by atoms with Crippen molar-refractivity contribution in [1.29, 1.82) is 0 Å². The monoisotopic (exact) mass is 464 g/mol. The third kappa shape index (κ3) is 3.65. The first-order valence-corrected chi connectivity index (χ1v) is 11.7. The van der Waals surface area contributed by atoms with E-state index in [0.29, 0.717) is 37.2 Å². The molecular formula is C28H24N4O3. The van der Waals surface area contributed by atoms with Crippen LogP contribution in [0, 0.1) is 0 Å². The van der Waals surface area contributed by atoms with Gasteiger partial charge in [-0.25, -0.2) is 9.69 Å². The fourth-order valence-corrected chi connectivity index (χ4v) is 5.07. The van der Waals surface area contributed by atoms with E-state index < -0.39 is 6.04 Å². The average molecular weight is 465 g/mol. The summed E-state index contributed by atoms with van der Waals surface area (Å²) < 4.78 is 0. The van der Waals surface area contributed by atoms with Crippen LogP contribution in [-0.4, -0.2) is 40.3 Å². The maximum absolute atomic E-state index is 13.1. The Morgan fingerprint density at radius 1 is 0.943 bits per heavy atom. The third-order valence-electron chi connectivity index (χ3n) is 6.93. The number of H-pyrrole nitrogens is 1. The molecule has 1 atom stereocenters. The Kier molecular flexibility index (Phi) is 5.10. The minimum atomic E-state index is -0.482. The zero-order chi connectivity index (χ0) is 23.9. The number of rotatable bonds is 5. The van der Waals surface area contributed by atoms with E-state index in [1.807, 2.05) is 48.7 Å². The first kappa shape index (κ1) is 21.2. The van der Waals surface area contributed by atoms with Crippen LogP contribution in [0.1, 0.15) is 27.0 Å². The SMILES string of the molecule is O=C(NCCc1c[nH]c2ccccc12)c1ccc(N2C(=O)[C@@H]3Cc4ccccc4CN3C2=O)cc1. The number of aromatic amines is 1. The summed E-state index contributed by atoms with van der Waals surface area (Å²) in [6, 6.07) is 21.8. The summed E-state index contributed by atoms with van der Waals surface area (Å²) in [5.74, 6) is -0.413. The van der Waals surface area contributed by atoms with Crippen LogP contribution in [0.15, 0.2) is 79.0 Å². The molecule has 0 unspecified atom stereocenters. The first-order chi connectivity index (χ1) is 17.1. The highest BCUT2D eigenvalue weighted by atomic mass is 16.2. The van der Waals surface area contributed by atoms with Crippen LogP contribution in [0.3, 0.4) is 0 Å². The number of para-hydroxylation sites is 1. The van der Waals surface area contributed by atoms with Gasteiger partial charge in [0.1, 0.15) is 6.04 Å². The number of carbonyl (C=O) groups excluding carboxylic acids is 3. The van der Waals surface area contributed by atoms with E-state index >= 15 is 0 Å². The molecule has 7 heteroatoms. The largest absolute Gasteiger partial charge is 0.361 e. The minimum absolute atomic E-state index is 0.191. The lowest BCUT2D eigenvalue weighted by atomic mass is 9.95. The standard InChI is InChI=1S/C28H24N4O3/c33-26(29-14-13-20-16-30-24-8-4-3-7-23(20)24)18-9-11-22(12-10-18)32-27(34)25-15-19-5-1-2-6-21(19)17-31(25)28(32)35/h1-12,16,25,30H,13-15,17H2,(H,29,33)/t25-/m0/s1. The van der Waals surface area contributed by atoms with Crippen LogP contribution < -0.4 is 10.2 Å². The summed E-state index contributed by atoms with van der Waals surface area (Å²) in [6.45, 7) is 0.932. The molecule has 0 radical (unpaired) electrons. The number of urea groups is 1. The number of aromatic nitrogens is 1. The van der Waals surface area contributed by atoms with Gasteiger partial charge in [0.2, 0.25) is 0 Å². The fraction of sp³-hybridized carbons (Fsp3) is 0.179. The van der Waals surface area contributed by atoms with E-state index in [2.05, 4.69) is 16.4 Å². The summed E-state index contributed by atoms with van der Waals surface area (Å²) >= 11 is 0. The Bertz CT molecular complexity index is 1410. The topological polar surface area (TPSA) is 85.5 Å². The van der Waals surface area contributed by atoms with Crippen molar-refractivity contribution < 1.29 is 14.4 Å². The van der Waals surface area contributed by atoms with Crippen LogP contribution >= 0.6 is 0 Å². The molecule has 0 saturated carbocycles. The molecule has 35 heavy (non-hydrogen) atoms. The van der Waals surface area contributed by atoms with Crippen LogP contribution in [0.25, 0.3) is 10.9 Å². The molecular weight excluding hydrogens is 440 g/mol. The van der Waals surface area contributed by atoms with E-state index in [9.17, 15) is 14.4 Å². The molecule has 0 bridgehead atoms. The average Bonchev–Trinajstić information content (AvgIpc) is 3.41. The van der Waals surface area contributed by atoms with Crippen molar-refractivity contribution in [3.8, 4) is 0 Å². The van der Waals surface area contributed by atoms with E-state index in [1.54, 1.807) is 29.2 Å². The molecule has 2 aliphatic rings. The van der Waals surface area contributed by atoms with Gasteiger partial charge in [-0.05, 0) is 53.4 Å². The van der Waals surface area contributed by atoms with Crippen LogP contribution in [-0.2, 0) is 24.2 Å². The summed E-state index contributed by atoms with van der Waals surface area (Å²) in [7, 11) is 0. The van der Waals surface area contributed by atoms with E-state index in [-0.39, 0.29) is 17.8 Å². The molecule has 4 aromatic rings. The Morgan fingerprint density at radius 3 is 2.51 bits per heavy atom. The molecule has 0 spiro atoms. The van der Waals surface area contributed by atoms with Crippen molar-refractivity contribution in [1.82, 2.24) is 15.2 Å². The number of hydrogen-bond donors (Lipinski definition) is 2. The third-order valence-corrected chi connectivity index (χ3v) is 6.93. The normalized spacial score (nSPS) is 17.0. The Balaban J connectivity index is 1.11. The lowest BCUT2D eigenvalue weighted by molar-refractivity contribution is -0.120. The molecule has 1 saturated heterocycles. The predicted molar refractivity (Wildman–Crippen MR) is 133 cm³/mol. The molecule has 2 N–H and O–H groups in total. The Labute approximate surface area is 202 Å². The number of nitrogens with one attached hydrogen (secondary N) is 2. The molecule has 2 aliphatic heterocycles. The second-order valence-corrected chi connectivity index (χ2v) is 8.99. The molecule has 1 aromatic heterocycles. The molecule has 4 amide bonds. The number of nitrogens with zero attached hydrogens (tertiary/aromatic N) is 2. The number of anilines is 1. The number of fused-ring (bicyclic) bond motifs is 3. The Morgan fingerprint density at radius 2 is 1.69 bits per heavy atom. The van der Waals surface area contributed by atoms with Crippen molar-refractivity contribution in [3.63, 3.8) is 0 Å². The highest BCUT2D eigenvalue weighted by Gasteiger charge is 2.47. The number of carbonyl (C=O) groups is 3. The van der Waals surface area contributed by atoms with Gasteiger partial charge in [-0.2, -0.15) is 0 Å². The number of benzene rings is 3. The summed E-state index contributed by atoms with van der Waals surface area (Å²) in [4.78, 5) is 44.9. The van der Waals surface area contributed by atoms with Crippen molar-refractivity contribution >= 4 is 34.4 Å². The van der Waals surface area contributed by atoms with E-state index in [4.69, 9.17) is 0 Å². The molecule has 1 fully saturated rings. The summed E-state index contributed by atoms with van der Waals surface area (Å²) in [5, 5.41) is 4.11. The molecule has 7 nitrogen and oxygen atoms in total. The van der Waals surface area contributed by atoms with Crippen molar-refractivity contribution in [2.24, 2.45) is 0 Å². The maximum atomic E-state index is 13.1.